The van der Waals surface area contributed by atoms with Crippen LogP contribution in [0.2, 0.25) is 0 Å². The number of carboxylic acids is 1. The van der Waals surface area contributed by atoms with Gasteiger partial charge in [0.05, 0.1) is 34.1 Å². The summed E-state index contributed by atoms with van der Waals surface area (Å²) in [5.74, 6) is -0.644. The molecular weight excluding hydrogens is 372 g/mol. The third-order valence-electron chi connectivity index (χ3n) is 4.37. The summed E-state index contributed by atoms with van der Waals surface area (Å²) in [6.45, 7) is 11.6. The van der Waals surface area contributed by atoms with Gasteiger partial charge >= 0.3 is 5.97 Å². The van der Waals surface area contributed by atoms with Gasteiger partial charge in [-0.1, -0.05) is 0 Å². The molecule has 1 atom stereocenters. The first-order valence-corrected chi connectivity index (χ1v) is 9.58. The summed E-state index contributed by atoms with van der Waals surface area (Å²) in [7, 11) is 0. The van der Waals surface area contributed by atoms with Crippen molar-refractivity contribution in [1.82, 2.24) is 0 Å². The van der Waals surface area contributed by atoms with Crippen molar-refractivity contribution >= 4 is 27.9 Å². The molecule has 1 unspecified atom stereocenters. The van der Waals surface area contributed by atoms with Crippen LogP contribution in [-0.4, -0.2) is 22.8 Å². The van der Waals surface area contributed by atoms with Crippen LogP contribution in [0.15, 0.2) is 39.5 Å². The van der Waals surface area contributed by atoms with Crippen LogP contribution in [0.25, 0.3) is 21.9 Å². The van der Waals surface area contributed by atoms with E-state index in [9.17, 15) is 14.7 Å². The zero-order chi connectivity index (χ0) is 21.5. The van der Waals surface area contributed by atoms with Crippen molar-refractivity contribution in [3.05, 3.63) is 51.7 Å². The number of fused-ring (bicyclic) bond motifs is 2. The van der Waals surface area contributed by atoms with E-state index in [2.05, 4.69) is 0 Å². The number of rotatable bonds is 5. The van der Waals surface area contributed by atoms with Crippen molar-refractivity contribution < 1.29 is 23.8 Å². The second-order valence-corrected chi connectivity index (χ2v) is 8.38. The minimum absolute atomic E-state index is 0.0309. The van der Waals surface area contributed by atoms with Crippen LogP contribution >= 0.6 is 0 Å². The van der Waals surface area contributed by atoms with Gasteiger partial charge in [0.2, 0.25) is 5.43 Å². The molecule has 6 heteroatoms. The Morgan fingerprint density at radius 1 is 1.07 bits per heavy atom. The first-order valence-electron chi connectivity index (χ1n) is 9.58. The van der Waals surface area contributed by atoms with Crippen LogP contribution in [0.3, 0.4) is 0 Å². The molecule has 6 nitrogen and oxygen atoms in total. The molecule has 0 fully saturated rings. The molecule has 2 aromatic carbocycles. The molecule has 0 amide bonds. The summed E-state index contributed by atoms with van der Waals surface area (Å²) in [6, 6.07) is 7.82. The largest absolute Gasteiger partial charge is 0.487 e. The van der Waals surface area contributed by atoms with Gasteiger partial charge in [0.15, 0.2) is 11.3 Å². The standard InChI is InChI=1S/C23H26O6/c1-12(2)27-19-11-15(13(3)29-23(4,5)6)10-17-20(24)16-9-14(22(25)26)7-8-18(16)28-21(17)19/h7-13H,1-6H3,(H,25,26). The second kappa shape index (κ2) is 7.52. The van der Waals surface area contributed by atoms with Gasteiger partial charge < -0.3 is 19.0 Å². The monoisotopic (exact) mass is 398 g/mol. The van der Waals surface area contributed by atoms with E-state index in [1.54, 1.807) is 6.07 Å². The normalized spacial score (nSPS) is 13.2. The molecule has 3 rings (SSSR count). The highest BCUT2D eigenvalue weighted by Gasteiger charge is 2.21. The van der Waals surface area contributed by atoms with Gasteiger partial charge in [-0.15, -0.1) is 0 Å². The minimum atomic E-state index is -1.10. The molecule has 0 saturated heterocycles. The molecule has 1 aromatic heterocycles. The summed E-state index contributed by atoms with van der Waals surface area (Å²) < 4.78 is 17.9. The Hall–Kier alpha value is -2.86. The highest BCUT2D eigenvalue weighted by Crippen LogP contribution is 2.34. The Labute approximate surface area is 169 Å². The number of hydrogen-bond acceptors (Lipinski definition) is 5. The molecule has 1 heterocycles. The number of carboxylic acid groups (broad SMARTS) is 1. The fourth-order valence-electron chi connectivity index (χ4n) is 3.26. The Balaban J connectivity index is 2.30. The van der Waals surface area contributed by atoms with E-state index in [-0.39, 0.29) is 34.2 Å². The first-order chi connectivity index (χ1) is 13.5. The number of aromatic carboxylic acids is 1. The average Bonchev–Trinajstić information content (AvgIpc) is 2.60. The summed E-state index contributed by atoms with van der Waals surface area (Å²) in [5, 5.41) is 9.80. The summed E-state index contributed by atoms with van der Waals surface area (Å²) in [4.78, 5) is 24.5. The van der Waals surface area contributed by atoms with Crippen LogP contribution in [-0.2, 0) is 4.74 Å². The molecular formula is C23H26O6. The van der Waals surface area contributed by atoms with Gasteiger partial charge in [-0.3, -0.25) is 4.79 Å². The van der Waals surface area contributed by atoms with E-state index in [0.717, 1.165) is 5.56 Å². The molecule has 0 aliphatic heterocycles. The van der Waals surface area contributed by atoms with E-state index in [1.165, 1.54) is 18.2 Å². The molecule has 0 aliphatic rings. The maximum atomic E-state index is 13.2. The predicted octanol–water partition coefficient (Wildman–Crippen LogP) is 5.31. The smallest absolute Gasteiger partial charge is 0.335 e. The molecule has 0 radical (unpaired) electrons. The summed E-state index contributed by atoms with van der Waals surface area (Å²) in [5.41, 5.74) is 0.798. The lowest BCUT2D eigenvalue weighted by Gasteiger charge is -2.26. The Bertz CT molecular complexity index is 1130. The Kier molecular flexibility index (Phi) is 5.41. The molecule has 0 spiro atoms. The van der Waals surface area contributed by atoms with Crippen molar-refractivity contribution in [3.8, 4) is 5.75 Å². The highest BCUT2D eigenvalue weighted by molar-refractivity contribution is 5.97. The fraction of sp³-hybridized carbons (Fsp3) is 0.391. The van der Waals surface area contributed by atoms with E-state index < -0.39 is 5.97 Å². The van der Waals surface area contributed by atoms with Crippen molar-refractivity contribution in [2.45, 2.75) is 59.4 Å². The van der Waals surface area contributed by atoms with E-state index >= 15 is 0 Å². The zero-order valence-electron chi connectivity index (χ0n) is 17.5. The maximum Gasteiger partial charge on any atom is 0.335 e. The van der Waals surface area contributed by atoms with Crippen molar-refractivity contribution in [2.75, 3.05) is 0 Å². The molecule has 1 N–H and O–H groups in total. The molecule has 154 valence electrons. The van der Waals surface area contributed by atoms with Gasteiger partial charge in [0.25, 0.3) is 0 Å². The second-order valence-electron chi connectivity index (χ2n) is 8.38. The van der Waals surface area contributed by atoms with Gasteiger partial charge in [0, 0.05) is 0 Å². The molecule has 0 aliphatic carbocycles. The zero-order valence-corrected chi connectivity index (χ0v) is 17.5. The lowest BCUT2D eigenvalue weighted by molar-refractivity contribution is -0.0530. The highest BCUT2D eigenvalue weighted by atomic mass is 16.5. The molecule has 29 heavy (non-hydrogen) atoms. The van der Waals surface area contributed by atoms with Crippen LogP contribution in [0.4, 0.5) is 0 Å². The van der Waals surface area contributed by atoms with Crippen LogP contribution < -0.4 is 10.2 Å². The van der Waals surface area contributed by atoms with Crippen molar-refractivity contribution in [3.63, 3.8) is 0 Å². The Morgan fingerprint density at radius 3 is 2.34 bits per heavy atom. The number of benzene rings is 2. The lowest BCUT2D eigenvalue weighted by Crippen LogP contribution is -2.21. The number of carbonyl (C=O) groups is 1. The van der Waals surface area contributed by atoms with Crippen molar-refractivity contribution in [2.24, 2.45) is 0 Å². The molecule has 0 saturated carbocycles. The van der Waals surface area contributed by atoms with Gasteiger partial charge in [-0.05, 0) is 77.4 Å². The quantitative estimate of drug-likeness (QED) is 0.586. The SMILES string of the molecule is CC(C)Oc1cc(C(C)OC(C)(C)C)cc2c(=O)c3cc(C(=O)O)ccc3oc12. The van der Waals surface area contributed by atoms with Crippen LogP contribution in [0.5, 0.6) is 5.75 Å². The van der Waals surface area contributed by atoms with E-state index in [1.807, 2.05) is 47.6 Å². The molecule has 0 bridgehead atoms. The molecule has 3 aromatic rings. The van der Waals surface area contributed by atoms with E-state index in [4.69, 9.17) is 13.9 Å². The summed E-state index contributed by atoms with van der Waals surface area (Å²) in [6.07, 6.45) is -0.406. The third-order valence-corrected chi connectivity index (χ3v) is 4.37. The summed E-state index contributed by atoms with van der Waals surface area (Å²) >= 11 is 0. The van der Waals surface area contributed by atoms with Crippen LogP contribution in [0, 0.1) is 0 Å². The maximum absolute atomic E-state index is 13.2. The lowest BCUT2D eigenvalue weighted by atomic mass is 10.0. The first kappa shape index (κ1) is 20.9. The minimum Gasteiger partial charge on any atom is -0.487 e. The van der Waals surface area contributed by atoms with Crippen LogP contribution in [0.1, 0.15) is 63.6 Å². The topological polar surface area (TPSA) is 86.0 Å². The third kappa shape index (κ3) is 4.43. The number of hydrogen-bond donors (Lipinski definition) is 1. The fourth-order valence-corrected chi connectivity index (χ4v) is 3.26. The van der Waals surface area contributed by atoms with Gasteiger partial charge in [0.1, 0.15) is 5.58 Å². The average molecular weight is 398 g/mol. The number of ether oxygens (including phenoxy) is 2. The van der Waals surface area contributed by atoms with Gasteiger partial charge in [-0.25, -0.2) is 4.79 Å². The van der Waals surface area contributed by atoms with E-state index in [0.29, 0.717) is 22.3 Å². The Morgan fingerprint density at radius 2 is 1.76 bits per heavy atom. The predicted molar refractivity (Wildman–Crippen MR) is 112 cm³/mol. The van der Waals surface area contributed by atoms with Gasteiger partial charge in [-0.2, -0.15) is 0 Å². The van der Waals surface area contributed by atoms with Crippen molar-refractivity contribution in [1.29, 1.82) is 0 Å².